The Kier molecular flexibility index (Phi) is 3.35. The maximum absolute atomic E-state index is 4.66. The van der Waals surface area contributed by atoms with Crippen LogP contribution in [-0.2, 0) is 0 Å². The largest absolute Gasteiger partial charge is 0.338 e. The normalized spacial score (nSPS) is 11.1. The van der Waals surface area contributed by atoms with E-state index in [9.17, 15) is 0 Å². The average molecular weight is 337 g/mol. The second kappa shape index (κ2) is 5.97. The number of pyridine rings is 1. The molecule has 0 atom stereocenters. The first kappa shape index (κ1) is 14.6. The van der Waals surface area contributed by atoms with Gasteiger partial charge in [0.15, 0.2) is 0 Å². The molecule has 3 heterocycles. The fourth-order valence-electron chi connectivity index (χ4n) is 3.09. The molecule has 3 aromatic heterocycles. The lowest BCUT2D eigenvalue weighted by Gasteiger charge is -2.08. The molecule has 5 rings (SSSR count). The van der Waals surface area contributed by atoms with Crippen LogP contribution in [0.1, 0.15) is 0 Å². The van der Waals surface area contributed by atoms with Crippen LogP contribution in [0.3, 0.4) is 0 Å². The molecule has 124 valence electrons. The molecule has 5 nitrogen and oxygen atoms in total. The Hall–Kier alpha value is -3.73. The highest BCUT2D eigenvalue weighted by molar-refractivity contribution is 5.79. The highest BCUT2D eigenvalue weighted by atomic mass is 15.1. The van der Waals surface area contributed by atoms with Gasteiger partial charge in [-0.05, 0) is 48.5 Å². The Balaban J connectivity index is 1.52. The summed E-state index contributed by atoms with van der Waals surface area (Å²) in [6.45, 7) is 0. The minimum absolute atomic E-state index is 0.870. The van der Waals surface area contributed by atoms with Crippen molar-refractivity contribution in [1.29, 1.82) is 0 Å². The average Bonchev–Trinajstić information content (AvgIpc) is 3.36. The maximum atomic E-state index is 4.66. The second-order valence-corrected chi connectivity index (χ2v) is 6.01. The number of hydrogen-bond acceptors (Lipinski definition) is 3. The Morgan fingerprint density at radius 2 is 1.69 bits per heavy atom. The van der Waals surface area contributed by atoms with Crippen LogP contribution in [-0.4, -0.2) is 24.5 Å². The third-order valence-electron chi connectivity index (χ3n) is 4.37. The van der Waals surface area contributed by atoms with Crippen LogP contribution in [0.15, 0.2) is 85.5 Å². The maximum Gasteiger partial charge on any atom is 0.146 e. The van der Waals surface area contributed by atoms with Gasteiger partial charge in [-0.15, -0.1) is 0 Å². The van der Waals surface area contributed by atoms with Crippen LogP contribution in [0.2, 0.25) is 0 Å². The van der Waals surface area contributed by atoms with E-state index in [4.69, 9.17) is 0 Å². The molecular formula is C21H15N5. The standard InChI is InChI=1S/C21H15N5/c1-2-6-19-18(5-1)24-20(25-19)15-7-9-17(10-8-15)26-13-12-23-21(26)16-4-3-11-22-14-16/h1-14H,(H,24,25). The quantitative estimate of drug-likeness (QED) is 0.528. The summed E-state index contributed by atoms with van der Waals surface area (Å²) >= 11 is 0. The lowest BCUT2D eigenvalue weighted by atomic mass is 10.2. The molecule has 0 bridgehead atoms. The fraction of sp³-hybridized carbons (Fsp3) is 0. The van der Waals surface area contributed by atoms with Crippen molar-refractivity contribution in [1.82, 2.24) is 24.5 Å². The molecule has 0 aliphatic rings. The predicted octanol–water partition coefficient (Wildman–Crippen LogP) is 4.48. The van der Waals surface area contributed by atoms with E-state index < -0.39 is 0 Å². The number of rotatable bonds is 3. The minimum Gasteiger partial charge on any atom is -0.338 e. The number of para-hydroxylation sites is 2. The molecule has 0 fully saturated rings. The summed E-state index contributed by atoms with van der Waals surface area (Å²) in [6, 6.07) is 20.3. The number of hydrogen-bond donors (Lipinski definition) is 1. The van der Waals surface area contributed by atoms with E-state index in [1.165, 1.54) is 0 Å². The highest BCUT2D eigenvalue weighted by Crippen LogP contribution is 2.24. The molecule has 5 aromatic rings. The van der Waals surface area contributed by atoms with Crippen LogP contribution in [0.5, 0.6) is 0 Å². The third kappa shape index (κ3) is 2.46. The Morgan fingerprint density at radius 3 is 2.50 bits per heavy atom. The van der Waals surface area contributed by atoms with Gasteiger partial charge in [-0.2, -0.15) is 0 Å². The van der Waals surface area contributed by atoms with Crippen molar-refractivity contribution in [3.05, 3.63) is 85.5 Å². The molecule has 0 saturated heterocycles. The van der Waals surface area contributed by atoms with Gasteiger partial charge in [-0.3, -0.25) is 9.55 Å². The molecule has 0 saturated carbocycles. The van der Waals surface area contributed by atoms with Crippen molar-refractivity contribution in [3.8, 4) is 28.5 Å². The summed E-state index contributed by atoms with van der Waals surface area (Å²) in [6.07, 6.45) is 7.34. The summed E-state index contributed by atoms with van der Waals surface area (Å²) in [5.74, 6) is 1.74. The Morgan fingerprint density at radius 1 is 0.808 bits per heavy atom. The van der Waals surface area contributed by atoms with Crippen LogP contribution >= 0.6 is 0 Å². The van der Waals surface area contributed by atoms with Gasteiger partial charge in [-0.1, -0.05) is 12.1 Å². The van der Waals surface area contributed by atoms with Crippen molar-refractivity contribution in [2.45, 2.75) is 0 Å². The lowest BCUT2D eigenvalue weighted by Crippen LogP contribution is -1.96. The van der Waals surface area contributed by atoms with Crippen LogP contribution in [0, 0.1) is 0 Å². The molecule has 0 aliphatic heterocycles. The van der Waals surface area contributed by atoms with Crippen molar-refractivity contribution < 1.29 is 0 Å². The van der Waals surface area contributed by atoms with Crippen LogP contribution in [0.4, 0.5) is 0 Å². The van der Waals surface area contributed by atoms with Gasteiger partial charge < -0.3 is 4.98 Å². The van der Waals surface area contributed by atoms with Crippen molar-refractivity contribution >= 4 is 11.0 Å². The molecule has 1 N–H and O–H groups in total. The van der Waals surface area contributed by atoms with E-state index >= 15 is 0 Å². The third-order valence-corrected chi connectivity index (χ3v) is 4.37. The first-order valence-electron chi connectivity index (χ1n) is 8.38. The van der Waals surface area contributed by atoms with E-state index in [0.717, 1.165) is 39.5 Å². The van der Waals surface area contributed by atoms with Gasteiger partial charge in [0.05, 0.1) is 11.0 Å². The zero-order valence-electron chi connectivity index (χ0n) is 13.9. The first-order chi connectivity index (χ1) is 12.9. The number of imidazole rings is 2. The molecule has 0 aliphatic carbocycles. The van der Waals surface area contributed by atoms with Gasteiger partial charge >= 0.3 is 0 Å². The monoisotopic (exact) mass is 337 g/mol. The molecule has 5 heteroatoms. The number of benzene rings is 2. The molecule has 0 radical (unpaired) electrons. The summed E-state index contributed by atoms with van der Waals surface area (Å²) in [5, 5.41) is 0. The predicted molar refractivity (Wildman–Crippen MR) is 102 cm³/mol. The van der Waals surface area contributed by atoms with E-state index in [-0.39, 0.29) is 0 Å². The SMILES string of the molecule is c1cncc(-c2nccn2-c2ccc(-c3nc4ccccc4[nH]3)cc2)c1. The second-order valence-electron chi connectivity index (χ2n) is 6.01. The lowest BCUT2D eigenvalue weighted by molar-refractivity contribution is 1.06. The van der Waals surface area contributed by atoms with Gasteiger partial charge in [-0.25, -0.2) is 9.97 Å². The Bertz CT molecular complexity index is 1140. The van der Waals surface area contributed by atoms with Gasteiger partial charge in [0, 0.05) is 41.6 Å². The molecule has 2 aromatic carbocycles. The summed E-state index contributed by atoms with van der Waals surface area (Å²) < 4.78 is 2.05. The molecule has 0 amide bonds. The van der Waals surface area contributed by atoms with Crippen molar-refractivity contribution in [3.63, 3.8) is 0 Å². The summed E-state index contributed by atoms with van der Waals surface area (Å²) in [7, 11) is 0. The number of H-pyrrole nitrogens is 1. The van der Waals surface area contributed by atoms with Crippen molar-refractivity contribution in [2.75, 3.05) is 0 Å². The molecule has 0 unspecified atom stereocenters. The van der Waals surface area contributed by atoms with E-state index in [1.54, 1.807) is 12.4 Å². The summed E-state index contributed by atoms with van der Waals surface area (Å²) in [5.41, 5.74) is 5.09. The number of fused-ring (bicyclic) bond motifs is 1. The van der Waals surface area contributed by atoms with Gasteiger partial charge in [0.2, 0.25) is 0 Å². The fourth-order valence-corrected chi connectivity index (χ4v) is 3.09. The van der Waals surface area contributed by atoms with E-state index in [2.05, 4.69) is 48.8 Å². The number of aromatic amines is 1. The number of nitrogens with one attached hydrogen (secondary N) is 1. The zero-order valence-corrected chi connectivity index (χ0v) is 13.9. The zero-order chi connectivity index (χ0) is 17.3. The van der Waals surface area contributed by atoms with Crippen LogP contribution in [0.25, 0.3) is 39.5 Å². The topological polar surface area (TPSA) is 59.4 Å². The smallest absolute Gasteiger partial charge is 0.146 e. The van der Waals surface area contributed by atoms with E-state index in [1.807, 2.05) is 48.8 Å². The van der Waals surface area contributed by atoms with Crippen LogP contribution < -0.4 is 0 Å². The van der Waals surface area contributed by atoms with Gasteiger partial charge in [0.25, 0.3) is 0 Å². The molecule has 0 spiro atoms. The minimum atomic E-state index is 0.870. The van der Waals surface area contributed by atoms with E-state index in [0.29, 0.717) is 0 Å². The molecule has 26 heavy (non-hydrogen) atoms. The number of aromatic nitrogens is 5. The first-order valence-corrected chi connectivity index (χ1v) is 8.38. The number of nitrogens with zero attached hydrogens (tertiary/aromatic N) is 4. The van der Waals surface area contributed by atoms with Crippen molar-refractivity contribution in [2.24, 2.45) is 0 Å². The molecular weight excluding hydrogens is 322 g/mol. The highest BCUT2D eigenvalue weighted by Gasteiger charge is 2.09. The van der Waals surface area contributed by atoms with Gasteiger partial charge in [0.1, 0.15) is 11.6 Å². The summed E-state index contributed by atoms with van der Waals surface area (Å²) in [4.78, 5) is 16.7. The Labute approximate surface area is 150 Å².